The van der Waals surface area contributed by atoms with Crippen LogP contribution in [0.3, 0.4) is 0 Å². The van der Waals surface area contributed by atoms with Crippen molar-refractivity contribution in [2.45, 2.75) is 26.8 Å². The van der Waals surface area contributed by atoms with Gasteiger partial charge in [-0.15, -0.1) is 0 Å². The van der Waals surface area contributed by atoms with Gasteiger partial charge >= 0.3 is 0 Å². The second-order valence-electron chi connectivity index (χ2n) is 5.12. The fourth-order valence-electron chi connectivity index (χ4n) is 2.59. The molecule has 0 aromatic heterocycles. The number of rotatable bonds is 4. The highest BCUT2D eigenvalue weighted by Gasteiger charge is 2.29. The highest BCUT2D eigenvalue weighted by atomic mass is 16.5. The van der Waals surface area contributed by atoms with E-state index in [1.807, 2.05) is 6.07 Å². The predicted molar refractivity (Wildman–Crippen MR) is 74.9 cm³/mol. The van der Waals surface area contributed by atoms with E-state index >= 15 is 0 Å². The van der Waals surface area contributed by atoms with Gasteiger partial charge in [0, 0.05) is 24.1 Å². The lowest BCUT2D eigenvalue weighted by atomic mass is 9.90. The molecular weight excluding hydrogens is 224 g/mol. The Hall–Kier alpha value is -1.06. The summed E-state index contributed by atoms with van der Waals surface area (Å²) in [5.74, 6) is 1.35. The van der Waals surface area contributed by atoms with Crippen LogP contribution in [0.25, 0.3) is 0 Å². The van der Waals surface area contributed by atoms with Crippen molar-refractivity contribution in [3.63, 3.8) is 0 Å². The molecule has 0 aliphatic carbocycles. The molecule has 0 bridgehead atoms. The average Bonchev–Trinajstić information content (AvgIpc) is 2.39. The van der Waals surface area contributed by atoms with E-state index in [0.29, 0.717) is 5.92 Å². The zero-order valence-electron chi connectivity index (χ0n) is 11.6. The second-order valence-corrected chi connectivity index (χ2v) is 5.12. The van der Waals surface area contributed by atoms with Gasteiger partial charge in [-0.25, -0.2) is 0 Å². The standard InChI is InChI=1S/C15H24N2O/c1-4-17(5-2)9-12-10-18-14-7-6-11(3)8-13(14)15(12)16/h6-8,12,15H,4-5,9-10,16H2,1-3H3. The first-order valence-corrected chi connectivity index (χ1v) is 6.87. The van der Waals surface area contributed by atoms with E-state index in [2.05, 4.69) is 37.8 Å². The Morgan fingerprint density at radius 1 is 1.33 bits per heavy atom. The molecule has 0 radical (unpaired) electrons. The molecule has 3 heteroatoms. The van der Waals surface area contributed by atoms with Crippen LogP contribution in [0.15, 0.2) is 18.2 Å². The van der Waals surface area contributed by atoms with Crippen LogP contribution < -0.4 is 10.5 Å². The molecule has 3 nitrogen and oxygen atoms in total. The number of nitrogens with zero attached hydrogens (tertiary/aromatic N) is 1. The van der Waals surface area contributed by atoms with E-state index in [0.717, 1.165) is 32.0 Å². The molecule has 18 heavy (non-hydrogen) atoms. The van der Waals surface area contributed by atoms with Crippen LogP contribution in [-0.4, -0.2) is 31.1 Å². The molecule has 1 aliphatic rings. The molecule has 1 aromatic rings. The van der Waals surface area contributed by atoms with E-state index in [1.165, 1.54) is 11.1 Å². The van der Waals surface area contributed by atoms with E-state index in [9.17, 15) is 0 Å². The van der Waals surface area contributed by atoms with E-state index < -0.39 is 0 Å². The number of hydrogen-bond donors (Lipinski definition) is 1. The van der Waals surface area contributed by atoms with Gasteiger partial charge in [0.25, 0.3) is 0 Å². The summed E-state index contributed by atoms with van der Waals surface area (Å²) < 4.78 is 5.84. The van der Waals surface area contributed by atoms with Crippen LogP contribution >= 0.6 is 0 Å². The average molecular weight is 248 g/mol. The lowest BCUT2D eigenvalue weighted by molar-refractivity contribution is 0.144. The molecule has 1 aliphatic heterocycles. The number of hydrogen-bond acceptors (Lipinski definition) is 3. The van der Waals surface area contributed by atoms with Crippen molar-refractivity contribution in [1.29, 1.82) is 0 Å². The Bertz CT molecular complexity index is 401. The monoisotopic (exact) mass is 248 g/mol. The van der Waals surface area contributed by atoms with Crippen molar-refractivity contribution in [2.75, 3.05) is 26.2 Å². The van der Waals surface area contributed by atoms with Crippen molar-refractivity contribution in [3.8, 4) is 5.75 Å². The Labute approximate surface area is 110 Å². The van der Waals surface area contributed by atoms with Gasteiger partial charge in [0.2, 0.25) is 0 Å². The fraction of sp³-hybridized carbons (Fsp3) is 0.600. The number of ether oxygens (including phenoxy) is 1. The van der Waals surface area contributed by atoms with Gasteiger partial charge in [0.1, 0.15) is 5.75 Å². The van der Waals surface area contributed by atoms with Gasteiger partial charge in [-0.05, 0) is 26.1 Å². The maximum Gasteiger partial charge on any atom is 0.124 e. The molecule has 0 spiro atoms. The largest absolute Gasteiger partial charge is 0.493 e. The summed E-state index contributed by atoms with van der Waals surface area (Å²) in [6.45, 7) is 10.4. The molecule has 1 aromatic carbocycles. The molecule has 2 atom stereocenters. The first-order valence-electron chi connectivity index (χ1n) is 6.87. The molecule has 1 heterocycles. The minimum atomic E-state index is 0.0919. The highest BCUT2D eigenvalue weighted by Crippen LogP contribution is 2.34. The Morgan fingerprint density at radius 2 is 2.06 bits per heavy atom. The summed E-state index contributed by atoms with van der Waals surface area (Å²) in [7, 11) is 0. The third-order valence-electron chi connectivity index (χ3n) is 3.87. The van der Waals surface area contributed by atoms with Crippen molar-refractivity contribution >= 4 is 0 Å². The summed E-state index contributed by atoms with van der Waals surface area (Å²) in [4.78, 5) is 2.41. The SMILES string of the molecule is CCN(CC)CC1COc2ccc(C)cc2C1N. The summed E-state index contributed by atoms with van der Waals surface area (Å²) in [6, 6.07) is 6.37. The van der Waals surface area contributed by atoms with Crippen molar-refractivity contribution in [2.24, 2.45) is 11.7 Å². The number of nitrogens with two attached hydrogens (primary N) is 1. The number of benzene rings is 1. The molecule has 0 saturated heterocycles. The highest BCUT2D eigenvalue weighted by molar-refractivity contribution is 5.40. The van der Waals surface area contributed by atoms with Gasteiger partial charge in [-0.2, -0.15) is 0 Å². The molecular formula is C15H24N2O. The number of fused-ring (bicyclic) bond motifs is 1. The minimum Gasteiger partial charge on any atom is -0.493 e. The van der Waals surface area contributed by atoms with Crippen LogP contribution in [0.2, 0.25) is 0 Å². The van der Waals surface area contributed by atoms with Crippen LogP contribution in [0, 0.1) is 12.8 Å². The maximum absolute atomic E-state index is 6.41. The van der Waals surface area contributed by atoms with E-state index in [4.69, 9.17) is 10.5 Å². The van der Waals surface area contributed by atoms with Crippen LogP contribution in [0.1, 0.15) is 31.0 Å². The van der Waals surface area contributed by atoms with Crippen molar-refractivity contribution < 1.29 is 4.74 Å². The van der Waals surface area contributed by atoms with Crippen molar-refractivity contribution in [3.05, 3.63) is 29.3 Å². The molecule has 2 N–H and O–H groups in total. The van der Waals surface area contributed by atoms with Crippen LogP contribution in [0.4, 0.5) is 0 Å². The normalized spacial score (nSPS) is 22.7. The van der Waals surface area contributed by atoms with E-state index in [1.54, 1.807) is 0 Å². The molecule has 0 fully saturated rings. The van der Waals surface area contributed by atoms with Gasteiger partial charge < -0.3 is 15.4 Å². The third kappa shape index (κ3) is 2.68. The zero-order valence-corrected chi connectivity index (χ0v) is 11.6. The van der Waals surface area contributed by atoms with Gasteiger partial charge in [0.05, 0.1) is 6.61 Å². The summed E-state index contributed by atoms with van der Waals surface area (Å²) in [5, 5.41) is 0. The third-order valence-corrected chi connectivity index (χ3v) is 3.87. The first-order chi connectivity index (χ1) is 8.65. The van der Waals surface area contributed by atoms with E-state index in [-0.39, 0.29) is 6.04 Å². The van der Waals surface area contributed by atoms with Crippen LogP contribution in [-0.2, 0) is 0 Å². The predicted octanol–water partition coefficient (Wildman–Crippen LogP) is 2.35. The summed E-state index contributed by atoms with van der Waals surface area (Å²) in [5.41, 5.74) is 8.82. The van der Waals surface area contributed by atoms with Crippen molar-refractivity contribution in [1.82, 2.24) is 4.90 Å². The fourth-order valence-corrected chi connectivity index (χ4v) is 2.59. The lowest BCUT2D eigenvalue weighted by Crippen LogP contribution is -2.40. The quantitative estimate of drug-likeness (QED) is 0.889. The van der Waals surface area contributed by atoms with Gasteiger partial charge in [0.15, 0.2) is 0 Å². The Kier molecular flexibility index (Phi) is 4.25. The second kappa shape index (κ2) is 5.72. The number of aryl methyl sites for hydroxylation is 1. The topological polar surface area (TPSA) is 38.5 Å². The van der Waals surface area contributed by atoms with Gasteiger partial charge in [-0.1, -0.05) is 31.5 Å². The Morgan fingerprint density at radius 3 is 2.72 bits per heavy atom. The molecule has 2 unspecified atom stereocenters. The first kappa shape index (κ1) is 13.4. The summed E-state index contributed by atoms with van der Waals surface area (Å²) >= 11 is 0. The zero-order chi connectivity index (χ0) is 13.1. The Balaban J connectivity index is 2.14. The molecule has 100 valence electrons. The van der Waals surface area contributed by atoms with Gasteiger partial charge in [-0.3, -0.25) is 0 Å². The smallest absolute Gasteiger partial charge is 0.124 e. The molecule has 0 saturated carbocycles. The summed E-state index contributed by atoms with van der Waals surface area (Å²) in [6.07, 6.45) is 0. The maximum atomic E-state index is 6.41. The van der Waals surface area contributed by atoms with Crippen LogP contribution in [0.5, 0.6) is 5.75 Å². The molecule has 0 amide bonds. The minimum absolute atomic E-state index is 0.0919. The molecule has 2 rings (SSSR count). The lowest BCUT2D eigenvalue weighted by Gasteiger charge is -2.34.